The van der Waals surface area contributed by atoms with E-state index in [4.69, 9.17) is 0 Å². The van der Waals surface area contributed by atoms with E-state index < -0.39 is 17.7 Å². The maximum absolute atomic E-state index is 13.1. The van der Waals surface area contributed by atoms with E-state index in [0.717, 1.165) is 42.1 Å². The standard InChI is InChI=1S/C24H22N2O3/c27-22(18-14-25-19-13-7-6-12-17(18)19)20-21(15-8-2-1-3-9-15)26(24(29)23(20)28)16-10-4-5-11-16/h1-3,6-9,12-14,16,21,25,27H,4-5,10-11H2/b22-20-. The largest absolute Gasteiger partial charge is 0.507 e. The van der Waals surface area contributed by atoms with Crippen LogP contribution in [0.4, 0.5) is 0 Å². The van der Waals surface area contributed by atoms with Gasteiger partial charge < -0.3 is 15.0 Å². The Morgan fingerprint density at radius 1 is 0.966 bits per heavy atom. The summed E-state index contributed by atoms with van der Waals surface area (Å²) in [4.78, 5) is 31.0. The van der Waals surface area contributed by atoms with Crippen LogP contribution in [0.5, 0.6) is 0 Å². The van der Waals surface area contributed by atoms with Crippen molar-refractivity contribution < 1.29 is 14.7 Å². The molecule has 2 aromatic carbocycles. The molecular formula is C24H22N2O3. The molecule has 2 aliphatic rings. The third-order valence-electron chi connectivity index (χ3n) is 6.16. The summed E-state index contributed by atoms with van der Waals surface area (Å²) < 4.78 is 0. The number of carbonyl (C=O) groups excluding carboxylic acids is 2. The number of aliphatic hydroxyl groups is 1. The topological polar surface area (TPSA) is 73.4 Å². The number of ketones is 1. The van der Waals surface area contributed by atoms with Gasteiger partial charge in [-0.1, -0.05) is 61.4 Å². The van der Waals surface area contributed by atoms with Crippen molar-refractivity contribution in [3.8, 4) is 0 Å². The first-order valence-corrected chi connectivity index (χ1v) is 10.1. The van der Waals surface area contributed by atoms with Crippen molar-refractivity contribution in [3.63, 3.8) is 0 Å². The Bertz CT molecular complexity index is 1120. The van der Waals surface area contributed by atoms with Crippen molar-refractivity contribution in [2.45, 2.75) is 37.8 Å². The third kappa shape index (κ3) is 2.77. The van der Waals surface area contributed by atoms with Gasteiger partial charge in [-0.25, -0.2) is 0 Å². The smallest absolute Gasteiger partial charge is 0.295 e. The molecule has 5 rings (SSSR count). The van der Waals surface area contributed by atoms with Crippen LogP contribution in [0.25, 0.3) is 16.7 Å². The van der Waals surface area contributed by atoms with Gasteiger partial charge in [-0.05, 0) is 24.5 Å². The summed E-state index contributed by atoms with van der Waals surface area (Å²) in [6, 6.07) is 16.6. The molecule has 1 saturated heterocycles. The summed E-state index contributed by atoms with van der Waals surface area (Å²) >= 11 is 0. The van der Waals surface area contributed by atoms with Crippen LogP contribution in [-0.4, -0.2) is 32.7 Å². The van der Waals surface area contributed by atoms with Crippen LogP contribution in [0.3, 0.4) is 0 Å². The second-order valence-corrected chi connectivity index (χ2v) is 7.80. The fourth-order valence-electron chi connectivity index (χ4n) is 4.78. The molecule has 146 valence electrons. The minimum Gasteiger partial charge on any atom is -0.507 e. The Labute approximate surface area is 168 Å². The lowest BCUT2D eigenvalue weighted by molar-refractivity contribution is -0.141. The fourth-order valence-corrected chi connectivity index (χ4v) is 4.78. The average molecular weight is 386 g/mol. The highest BCUT2D eigenvalue weighted by atomic mass is 16.3. The van der Waals surface area contributed by atoms with E-state index in [2.05, 4.69) is 4.98 Å². The molecule has 5 heteroatoms. The van der Waals surface area contributed by atoms with Gasteiger partial charge in [0, 0.05) is 28.7 Å². The van der Waals surface area contributed by atoms with Gasteiger partial charge in [0.25, 0.3) is 11.7 Å². The molecule has 1 unspecified atom stereocenters. The lowest BCUT2D eigenvalue weighted by Crippen LogP contribution is -2.37. The molecule has 5 nitrogen and oxygen atoms in total. The Balaban J connectivity index is 1.71. The van der Waals surface area contributed by atoms with Gasteiger partial charge in [-0.15, -0.1) is 0 Å². The molecule has 1 atom stereocenters. The van der Waals surface area contributed by atoms with E-state index in [-0.39, 0.29) is 17.4 Å². The molecule has 2 N–H and O–H groups in total. The number of Topliss-reactive ketones (excluding diaryl/α,β-unsaturated/α-hetero) is 1. The van der Waals surface area contributed by atoms with E-state index in [0.29, 0.717) is 5.56 Å². The van der Waals surface area contributed by atoms with Crippen LogP contribution >= 0.6 is 0 Å². The van der Waals surface area contributed by atoms with Gasteiger partial charge in [0.05, 0.1) is 11.6 Å². The number of nitrogens with one attached hydrogen (secondary N) is 1. The summed E-state index contributed by atoms with van der Waals surface area (Å²) in [5.41, 5.74) is 2.44. The zero-order valence-electron chi connectivity index (χ0n) is 16.0. The minimum atomic E-state index is -0.603. The Morgan fingerprint density at radius 2 is 1.66 bits per heavy atom. The quantitative estimate of drug-likeness (QED) is 0.394. The Morgan fingerprint density at radius 3 is 2.41 bits per heavy atom. The second kappa shape index (κ2) is 6.92. The Hall–Kier alpha value is -3.34. The van der Waals surface area contributed by atoms with E-state index in [1.54, 1.807) is 11.1 Å². The lowest BCUT2D eigenvalue weighted by Gasteiger charge is -2.30. The molecule has 2 fully saturated rings. The third-order valence-corrected chi connectivity index (χ3v) is 6.16. The molecule has 0 spiro atoms. The number of aliphatic hydroxyl groups excluding tert-OH is 1. The normalized spacial score (nSPS) is 22.1. The Kier molecular flexibility index (Phi) is 4.23. The molecule has 1 aliphatic heterocycles. The molecule has 2 heterocycles. The number of nitrogens with zero attached hydrogens (tertiary/aromatic N) is 1. The van der Waals surface area contributed by atoms with Gasteiger partial charge in [0.2, 0.25) is 0 Å². The first-order chi connectivity index (χ1) is 14.2. The highest BCUT2D eigenvalue weighted by Crippen LogP contribution is 2.43. The number of hydrogen-bond donors (Lipinski definition) is 2. The zero-order chi connectivity index (χ0) is 20.0. The first-order valence-electron chi connectivity index (χ1n) is 10.1. The van der Waals surface area contributed by atoms with Crippen molar-refractivity contribution >= 4 is 28.4 Å². The predicted molar refractivity (Wildman–Crippen MR) is 111 cm³/mol. The van der Waals surface area contributed by atoms with Crippen LogP contribution in [0.15, 0.2) is 66.4 Å². The highest BCUT2D eigenvalue weighted by Gasteiger charge is 2.49. The van der Waals surface area contributed by atoms with Gasteiger partial charge in [-0.3, -0.25) is 9.59 Å². The van der Waals surface area contributed by atoms with E-state index in [1.807, 2.05) is 54.6 Å². The molecule has 29 heavy (non-hydrogen) atoms. The van der Waals surface area contributed by atoms with Crippen LogP contribution < -0.4 is 0 Å². The van der Waals surface area contributed by atoms with Crippen molar-refractivity contribution in [1.82, 2.24) is 9.88 Å². The maximum atomic E-state index is 13.1. The van der Waals surface area contributed by atoms with Gasteiger partial charge in [0.1, 0.15) is 5.76 Å². The van der Waals surface area contributed by atoms with Crippen molar-refractivity contribution in [1.29, 1.82) is 0 Å². The van der Waals surface area contributed by atoms with E-state index in [9.17, 15) is 14.7 Å². The van der Waals surface area contributed by atoms with Crippen molar-refractivity contribution in [2.24, 2.45) is 0 Å². The first kappa shape index (κ1) is 17.7. The molecule has 1 amide bonds. The number of aromatic amines is 1. The molecule has 1 saturated carbocycles. The maximum Gasteiger partial charge on any atom is 0.295 e. The summed E-state index contributed by atoms with van der Waals surface area (Å²) in [6.07, 6.45) is 5.59. The summed E-state index contributed by atoms with van der Waals surface area (Å²) in [5, 5.41) is 12.1. The average Bonchev–Trinajstić information content (AvgIpc) is 3.47. The monoisotopic (exact) mass is 386 g/mol. The molecule has 1 aliphatic carbocycles. The molecular weight excluding hydrogens is 364 g/mol. The number of fused-ring (bicyclic) bond motifs is 1. The number of aromatic nitrogens is 1. The SMILES string of the molecule is O=C1C(=O)N(C2CCCC2)C(c2ccccc2)/C1=C(/O)c1c[nH]c2ccccc12. The minimum absolute atomic E-state index is 0.0323. The number of hydrogen-bond acceptors (Lipinski definition) is 3. The van der Waals surface area contributed by atoms with Gasteiger partial charge in [0.15, 0.2) is 0 Å². The number of benzene rings is 2. The molecule has 0 bridgehead atoms. The highest BCUT2D eigenvalue weighted by molar-refractivity contribution is 6.46. The lowest BCUT2D eigenvalue weighted by atomic mass is 9.94. The summed E-state index contributed by atoms with van der Waals surface area (Å²) in [7, 11) is 0. The van der Waals surface area contributed by atoms with Crippen molar-refractivity contribution in [2.75, 3.05) is 0 Å². The van der Waals surface area contributed by atoms with Gasteiger partial charge in [-0.2, -0.15) is 0 Å². The fraction of sp³-hybridized carbons (Fsp3) is 0.250. The van der Waals surface area contributed by atoms with Crippen molar-refractivity contribution in [3.05, 3.63) is 77.5 Å². The van der Waals surface area contributed by atoms with Crippen LogP contribution in [0.1, 0.15) is 42.9 Å². The number of carbonyl (C=O) groups is 2. The number of rotatable bonds is 3. The van der Waals surface area contributed by atoms with E-state index >= 15 is 0 Å². The predicted octanol–water partition coefficient (Wildman–Crippen LogP) is 4.53. The summed E-state index contributed by atoms with van der Waals surface area (Å²) in [5.74, 6) is -1.23. The molecule has 3 aromatic rings. The van der Waals surface area contributed by atoms with Gasteiger partial charge >= 0.3 is 0 Å². The number of para-hydroxylation sites is 1. The van der Waals surface area contributed by atoms with Crippen LogP contribution in [0, 0.1) is 0 Å². The van der Waals surface area contributed by atoms with Crippen LogP contribution in [0.2, 0.25) is 0 Å². The molecule has 1 aromatic heterocycles. The second-order valence-electron chi connectivity index (χ2n) is 7.80. The van der Waals surface area contributed by atoms with Crippen LogP contribution in [-0.2, 0) is 9.59 Å². The zero-order valence-corrected chi connectivity index (χ0v) is 16.0. The number of amides is 1. The number of likely N-dealkylation sites (tertiary alicyclic amines) is 1. The van der Waals surface area contributed by atoms with E-state index in [1.165, 1.54) is 0 Å². The molecule has 0 radical (unpaired) electrons. The summed E-state index contributed by atoms with van der Waals surface area (Å²) in [6.45, 7) is 0. The number of H-pyrrole nitrogens is 1.